The van der Waals surface area contributed by atoms with Crippen molar-refractivity contribution < 1.29 is 26.6 Å². The number of alkyl halides is 3. The van der Waals surface area contributed by atoms with Crippen LogP contribution in [0.25, 0.3) is 0 Å². The van der Waals surface area contributed by atoms with Crippen LogP contribution in [0, 0.1) is 5.82 Å². The molecule has 11 heteroatoms. The zero-order valence-electron chi connectivity index (χ0n) is 15.5. The van der Waals surface area contributed by atoms with Gasteiger partial charge in [-0.1, -0.05) is 0 Å². The Hall–Kier alpha value is -1.85. The molecule has 1 fully saturated rings. The summed E-state index contributed by atoms with van der Waals surface area (Å²) in [5.74, 6) is -2.20. The SMILES string of the molecule is CC(C)(N)c1ncc([S-](=O)=NC(=O)Cc2c(C3CC3)cc(F)cc2C(F)(F)F)s1. The fourth-order valence-corrected chi connectivity index (χ4v) is 4.61. The van der Waals surface area contributed by atoms with Gasteiger partial charge in [0.05, 0.1) is 17.5 Å². The van der Waals surface area contributed by atoms with E-state index in [1.54, 1.807) is 13.8 Å². The highest BCUT2D eigenvalue weighted by molar-refractivity contribution is 7.78. The van der Waals surface area contributed by atoms with E-state index < -0.39 is 46.0 Å². The number of halogens is 4. The van der Waals surface area contributed by atoms with Gasteiger partial charge in [0, 0.05) is 6.20 Å². The predicted octanol–water partition coefficient (Wildman–Crippen LogP) is 4.65. The first-order chi connectivity index (χ1) is 13.4. The molecule has 2 aromatic rings. The summed E-state index contributed by atoms with van der Waals surface area (Å²) in [4.78, 5) is 16.3. The van der Waals surface area contributed by atoms with E-state index in [2.05, 4.69) is 9.35 Å². The van der Waals surface area contributed by atoms with Gasteiger partial charge in [0.1, 0.15) is 10.8 Å². The molecular formula is C18H18F4N3O2S2-. The van der Waals surface area contributed by atoms with Crippen LogP contribution in [0.2, 0.25) is 0 Å². The van der Waals surface area contributed by atoms with Crippen molar-refractivity contribution in [1.82, 2.24) is 4.98 Å². The van der Waals surface area contributed by atoms with Gasteiger partial charge in [-0.2, -0.15) is 13.2 Å². The van der Waals surface area contributed by atoms with Gasteiger partial charge in [0.2, 0.25) is 5.91 Å². The van der Waals surface area contributed by atoms with Gasteiger partial charge in [0.15, 0.2) is 0 Å². The molecule has 0 atom stereocenters. The zero-order valence-corrected chi connectivity index (χ0v) is 17.2. The summed E-state index contributed by atoms with van der Waals surface area (Å²) < 4.78 is 69.9. The Morgan fingerprint density at radius 2 is 2.00 bits per heavy atom. The first-order valence-corrected chi connectivity index (χ1v) is 10.6. The molecule has 5 nitrogen and oxygen atoms in total. The van der Waals surface area contributed by atoms with E-state index in [1.807, 2.05) is 0 Å². The predicted molar refractivity (Wildman–Crippen MR) is 100 cm³/mol. The summed E-state index contributed by atoms with van der Waals surface area (Å²) in [5.41, 5.74) is 3.80. The maximum Gasteiger partial charge on any atom is 0.416 e. The molecule has 2 N–H and O–H groups in total. The largest absolute Gasteiger partial charge is 0.439 e. The number of rotatable bonds is 5. The summed E-state index contributed by atoms with van der Waals surface area (Å²) >= 11 is 1.01. The van der Waals surface area contributed by atoms with Gasteiger partial charge in [-0.3, -0.25) is 4.79 Å². The Morgan fingerprint density at radius 3 is 2.52 bits per heavy atom. The van der Waals surface area contributed by atoms with Crippen LogP contribution >= 0.6 is 11.3 Å². The molecule has 0 unspecified atom stereocenters. The number of thiazole rings is 1. The number of carbonyl (C=O) groups excluding carboxylic acids is 1. The molecule has 29 heavy (non-hydrogen) atoms. The van der Waals surface area contributed by atoms with Crippen molar-refractivity contribution in [3.05, 3.63) is 45.8 Å². The maximum atomic E-state index is 13.7. The lowest BCUT2D eigenvalue weighted by atomic mass is 9.94. The Bertz CT molecular complexity index is 1030. The average Bonchev–Trinajstić information content (AvgIpc) is 3.28. The van der Waals surface area contributed by atoms with E-state index in [-0.39, 0.29) is 21.3 Å². The Morgan fingerprint density at radius 1 is 1.34 bits per heavy atom. The van der Waals surface area contributed by atoms with Crippen LogP contribution < -0.4 is 5.73 Å². The summed E-state index contributed by atoms with van der Waals surface area (Å²) in [6.45, 7) is 3.40. The molecule has 0 aliphatic heterocycles. The fraction of sp³-hybridized carbons (Fsp3) is 0.444. The average molecular weight is 448 g/mol. The normalized spacial score (nSPS) is 16.2. The standard InChI is InChI=1S/C18H18F4N3O2S2/c1-17(2,23)16-24-8-15(28-16)29(27)25-14(26)7-12-11(9-3-4-9)5-10(19)6-13(12)18(20,21)22/h5-6,8-9H,3-4,7,23H2,1-2H3/q-1. The van der Waals surface area contributed by atoms with Crippen molar-refractivity contribution in [2.45, 2.75) is 55.0 Å². The van der Waals surface area contributed by atoms with Crippen molar-refractivity contribution in [3.8, 4) is 0 Å². The van der Waals surface area contributed by atoms with E-state index in [4.69, 9.17) is 5.73 Å². The number of amides is 1. The Kier molecular flexibility index (Phi) is 5.85. The van der Waals surface area contributed by atoms with Crippen molar-refractivity contribution in [2.24, 2.45) is 10.1 Å². The van der Waals surface area contributed by atoms with Gasteiger partial charge in [-0.15, -0.1) is 21.9 Å². The molecular weight excluding hydrogens is 430 g/mol. The zero-order chi connectivity index (χ0) is 21.6. The van der Waals surface area contributed by atoms with Crippen LogP contribution in [0.5, 0.6) is 0 Å². The number of nitrogens with zero attached hydrogens (tertiary/aromatic N) is 2. The first-order valence-electron chi connectivity index (χ1n) is 8.67. The summed E-state index contributed by atoms with van der Waals surface area (Å²) in [7, 11) is -2.11. The van der Waals surface area contributed by atoms with Crippen LogP contribution in [0.15, 0.2) is 26.9 Å². The number of hydrogen-bond acceptors (Lipinski definition) is 6. The van der Waals surface area contributed by atoms with E-state index in [9.17, 15) is 26.6 Å². The quantitative estimate of drug-likeness (QED) is 0.533. The van der Waals surface area contributed by atoms with Gasteiger partial charge in [-0.05, 0) is 60.1 Å². The highest BCUT2D eigenvalue weighted by Crippen LogP contribution is 2.45. The second-order valence-corrected chi connectivity index (χ2v) is 9.82. The van der Waals surface area contributed by atoms with Crippen LogP contribution in [0.3, 0.4) is 0 Å². The lowest BCUT2D eigenvalue weighted by molar-refractivity contribution is -0.138. The third-order valence-corrected chi connectivity index (χ3v) is 6.92. The molecule has 0 radical (unpaired) electrons. The van der Waals surface area contributed by atoms with Gasteiger partial charge in [0.25, 0.3) is 0 Å². The molecule has 0 bridgehead atoms. The third-order valence-electron chi connectivity index (χ3n) is 4.29. The summed E-state index contributed by atoms with van der Waals surface area (Å²) in [6.07, 6.45) is -3.00. The summed E-state index contributed by atoms with van der Waals surface area (Å²) in [6, 6.07) is 1.41. The molecule has 0 spiro atoms. The summed E-state index contributed by atoms with van der Waals surface area (Å²) in [5, 5.41) is 0.484. The lowest BCUT2D eigenvalue weighted by Gasteiger charge is -2.17. The van der Waals surface area contributed by atoms with Crippen molar-refractivity contribution >= 4 is 27.8 Å². The van der Waals surface area contributed by atoms with Crippen molar-refractivity contribution in [3.63, 3.8) is 0 Å². The minimum atomic E-state index is -4.82. The molecule has 1 aromatic heterocycles. The molecule has 1 amide bonds. The second-order valence-electron chi connectivity index (χ2n) is 7.41. The number of carbonyl (C=O) groups is 1. The van der Waals surface area contributed by atoms with Gasteiger partial charge in [-0.25, -0.2) is 9.37 Å². The van der Waals surface area contributed by atoms with Crippen molar-refractivity contribution in [1.29, 1.82) is 0 Å². The van der Waals surface area contributed by atoms with Crippen molar-refractivity contribution in [2.75, 3.05) is 0 Å². The minimum absolute atomic E-state index is 0.164. The molecule has 0 saturated heterocycles. The van der Waals surface area contributed by atoms with E-state index in [0.29, 0.717) is 23.9 Å². The smallest absolute Gasteiger partial charge is 0.416 e. The van der Waals surface area contributed by atoms with Gasteiger partial charge < -0.3 is 14.3 Å². The molecule has 1 aliphatic rings. The molecule has 1 heterocycles. The number of nitrogens with two attached hydrogens (primary N) is 1. The van der Waals surface area contributed by atoms with E-state index >= 15 is 0 Å². The molecule has 158 valence electrons. The topological polar surface area (TPSA) is 85.4 Å². The minimum Gasteiger partial charge on any atom is -0.439 e. The number of benzene rings is 1. The fourth-order valence-electron chi connectivity index (χ4n) is 2.83. The van der Waals surface area contributed by atoms with Gasteiger partial charge >= 0.3 is 6.18 Å². The van der Waals surface area contributed by atoms with Crippen LogP contribution in [0.1, 0.15) is 54.3 Å². The monoisotopic (exact) mass is 448 g/mol. The number of aromatic nitrogens is 1. The molecule has 1 saturated carbocycles. The maximum absolute atomic E-state index is 13.7. The van der Waals surface area contributed by atoms with Crippen LogP contribution in [0.4, 0.5) is 17.6 Å². The van der Waals surface area contributed by atoms with Crippen LogP contribution in [-0.2, 0) is 37.7 Å². The lowest BCUT2D eigenvalue weighted by Crippen LogP contribution is -2.28. The molecule has 1 aromatic carbocycles. The Labute approximate surface area is 170 Å². The molecule has 1 aliphatic carbocycles. The Balaban J connectivity index is 1.92. The second kappa shape index (κ2) is 7.77. The first kappa shape index (κ1) is 21.8. The third kappa shape index (κ3) is 5.20. The van der Waals surface area contributed by atoms with E-state index in [1.165, 1.54) is 6.20 Å². The van der Waals surface area contributed by atoms with E-state index in [0.717, 1.165) is 17.4 Å². The van der Waals surface area contributed by atoms with Crippen LogP contribution in [-0.4, -0.2) is 10.9 Å². The number of hydrogen-bond donors (Lipinski definition) is 1. The highest BCUT2D eigenvalue weighted by atomic mass is 32.2. The highest BCUT2D eigenvalue weighted by Gasteiger charge is 2.38. The molecule has 3 rings (SSSR count).